The minimum absolute atomic E-state index is 0.516. The molecule has 3 rings (SSSR count). The number of aromatic nitrogens is 1. The highest BCUT2D eigenvalue weighted by Crippen LogP contribution is 2.45. The molecule has 13 heavy (non-hydrogen) atoms. The van der Waals surface area contributed by atoms with Crippen molar-refractivity contribution in [3.63, 3.8) is 0 Å². The molecule has 3 heteroatoms. The van der Waals surface area contributed by atoms with Crippen molar-refractivity contribution in [2.45, 2.75) is 18.4 Å². The normalized spacial score (nSPS) is 19.2. The molecule has 1 fully saturated rings. The Morgan fingerprint density at radius 1 is 1.38 bits per heavy atom. The van der Waals surface area contributed by atoms with E-state index in [4.69, 9.17) is 0 Å². The third-order valence-corrected chi connectivity index (χ3v) is 3.38. The summed E-state index contributed by atoms with van der Waals surface area (Å²) in [5.41, 5.74) is 0.530. The Morgan fingerprint density at radius 2 is 2.23 bits per heavy atom. The topological polar surface area (TPSA) is 33.1 Å². The van der Waals surface area contributed by atoms with E-state index in [-0.39, 0.29) is 0 Å². The van der Waals surface area contributed by atoms with Gasteiger partial charge in [-0.3, -0.25) is 0 Å². The molecule has 0 amide bonds. The van der Waals surface area contributed by atoms with Crippen LogP contribution in [0.3, 0.4) is 0 Å². The van der Waals surface area contributed by atoms with Crippen molar-refractivity contribution < 1.29 is 5.11 Å². The molecule has 0 radical (unpaired) electrons. The Morgan fingerprint density at radius 3 is 3.00 bits per heavy atom. The molecule has 0 spiro atoms. The highest BCUT2D eigenvalue weighted by Gasteiger charge is 2.42. The number of nitrogens with zero attached hydrogens (tertiary/aromatic N) is 1. The van der Waals surface area contributed by atoms with Gasteiger partial charge in [0.2, 0.25) is 0 Å². The monoisotopic (exact) mass is 191 g/mol. The van der Waals surface area contributed by atoms with Crippen LogP contribution in [0.15, 0.2) is 24.4 Å². The number of hydrogen-bond acceptors (Lipinski definition) is 3. The van der Waals surface area contributed by atoms with E-state index in [9.17, 15) is 5.11 Å². The predicted molar refractivity (Wildman–Crippen MR) is 52.8 cm³/mol. The summed E-state index contributed by atoms with van der Waals surface area (Å²) >= 11 is 1.48. The van der Waals surface area contributed by atoms with Crippen LogP contribution in [0.2, 0.25) is 0 Å². The van der Waals surface area contributed by atoms with E-state index < -0.39 is 5.60 Å². The molecular weight excluding hydrogens is 182 g/mol. The Bertz CT molecular complexity index is 459. The van der Waals surface area contributed by atoms with Gasteiger partial charge in [-0.2, -0.15) is 4.37 Å². The maximum Gasteiger partial charge on any atom is 0.0899 e. The predicted octanol–water partition coefficient (Wildman–Crippen LogP) is 2.28. The van der Waals surface area contributed by atoms with Crippen molar-refractivity contribution in [2.75, 3.05) is 0 Å². The van der Waals surface area contributed by atoms with Crippen LogP contribution in [-0.2, 0) is 5.60 Å². The summed E-state index contributed by atoms with van der Waals surface area (Å²) in [5, 5.41) is 11.0. The summed E-state index contributed by atoms with van der Waals surface area (Å²) in [4.78, 5) is 0. The maximum atomic E-state index is 9.88. The maximum absolute atomic E-state index is 9.88. The first-order valence-corrected chi connectivity index (χ1v) is 5.13. The number of hydrogen-bond donors (Lipinski definition) is 1. The van der Waals surface area contributed by atoms with Gasteiger partial charge in [-0.05, 0) is 36.0 Å². The first-order chi connectivity index (χ1) is 6.28. The van der Waals surface area contributed by atoms with Gasteiger partial charge in [0.05, 0.1) is 10.3 Å². The van der Waals surface area contributed by atoms with Gasteiger partial charge in [-0.15, -0.1) is 0 Å². The van der Waals surface area contributed by atoms with Gasteiger partial charge in [0.15, 0.2) is 0 Å². The van der Waals surface area contributed by atoms with E-state index in [1.807, 2.05) is 18.3 Å². The second-order valence-electron chi connectivity index (χ2n) is 3.61. The summed E-state index contributed by atoms with van der Waals surface area (Å²) in [6, 6.07) is 6.09. The van der Waals surface area contributed by atoms with Crippen molar-refractivity contribution in [1.29, 1.82) is 0 Å². The summed E-state index contributed by atoms with van der Waals surface area (Å²) < 4.78 is 5.27. The second-order valence-corrected chi connectivity index (χ2v) is 4.44. The Labute approximate surface area is 80.0 Å². The van der Waals surface area contributed by atoms with Gasteiger partial charge in [-0.25, -0.2) is 0 Å². The first-order valence-electron chi connectivity index (χ1n) is 4.35. The minimum atomic E-state index is -0.516. The molecule has 0 unspecified atom stereocenters. The number of benzene rings is 1. The molecular formula is C10H9NOS. The van der Waals surface area contributed by atoms with Crippen molar-refractivity contribution in [1.82, 2.24) is 4.37 Å². The fourth-order valence-corrected chi connectivity index (χ4v) is 2.24. The van der Waals surface area contributed by atoms with E-state index in [1.54, 1.807) is 0 Å². The molecule has 1 heterocycles. The molecule has 1 aliphatic rings. The Kier molecular flexibility index (Phi) is 1.32. The van der Waals surface area contributed by atoms with E-state index in [1.165, 1.54) is 11.5 Å². The number of aliphatic hydroxyl groups is 1. The molecule has 66 valence electrons. The third-order valence-electron chi connectivity index (χ3n) is 2.62. The molecule has 0 saturated heterocycles. The van der Waals surface area contributed by atoms with Gasteiger partial charge in [0, 0.05) is 11.6 Å². The fraction of sp³-hybridized carbons (Fsp3) is 0.300. The molecule has 0 bridgehead atoms. The molecule has 1 aromatic carbocycles. The molecule has 2 aromatic rings. The van der Waals surface area contributed by atoms with Gasteiger partial charge in [0.25, 0.3) is 0 Å². The summed E-state index contributed by atoms with van der Waals surface area (Å²) in [5.74, 6) is 0. The van der Waals surface area contributed by atoms with Crippen LogP contribution < -0.4 is 0 Å². The summed E-state index contributed by atoms with van der Waals surface area (Å²) in [7, 11) is 0. The lowest BCUT2D eigenvalue weighted by atomic mass is 10.1. The van der Waals surface area contributed by atoms with Crippen molar-refractivity contribution in [3.8, 4) is 0 Å². The number of fused-ring (bicyclic) bond motifs is 1. The van der Waals surface area contributed by atoms with Crippen LogP contribution in [0.25, 0.3) is 10.1 Å². The zero-order chi connectivity index (χ0) is 8.89. The second kappa shape index (κ2) is 2.30. The highest BCUT2D eigenvalue weighted by molar-refractivity contribution is 7.13. The van der Waals surface area contributed by atoms with E-state index in [0.29, 0.717) is 0 Å². The zero-order valence-electron chi connectivity index (χ0n) is 7.03. The smallest absolute Gasteiger partial charge is 0.0899 e. The average Bonchev–Trinajstić information content (AvgIpc) is 2.74. The fourth-order valence-electron chi connectivity index (χ4n) is 1.56. The van der Waals surface area contributed by atoms with Crippen molar-refractivity contribution in [2.24, 2.45) is 0 Å². The van der Waals surface area contributed by atoms with Crippen molar-refractivity contribution in [3.05, 3.63) is 30.0 Å². The van der Waals surface area contributed by atoms with Crippen LogP contribution in [0.4, 0.5) is 0 Å². The molecule has 0 aliphatic heterocycles. The van der Waals surface area contributed by atoms with Crippen LogP contribution in [-0.4, -0.2) is 9.48 Å². The third kappa shape index (κ3) is 1.08. The van der Waals surface area contributed by atoms with Crippen LogP contribution in [0.5, 0.6) is 0 Å². The van der Waals surface area contributed by atoms with E-state index in [0.717, 1.165) is 28.5 Å². The van der Waals surface area contributed by atoms with Crippen LogP contribution in [0, 0.1) is 0 Å². The molecule has 1 aliphatic carbocycles. The van der Waals surface area contributed by atoms with Crippen LogP contribution >= 0.6 is 11.5 Å². The summed E-state index contributed by atoms with van der Waals surface area (Å²) in [6.07, 6.45) is 3.66. The lowest BCUT2D eigenvalue weighted by Crippen LogP contribution is -2.02. The number of rotatable bonds is 1. The zero-order valence-corrected chi connectivity index (χ0v) is 7.84. The van der Waals surface area contributed by atoms with Crippen LogP contribution in [0.1, 0.15) is 18.4 Å². The molecule has 2 nitrogen and oxygen atoms in total. The largest absolute Gasteiger partial charge is 0.385 e. The van der Waals surface area contributed by atoms with Gasteiger partial charge >= 0.3 is 0 Å². The SMILES string of the molecule is OC1(c2ccc3cnsc3c2)CC1. The first kappa shape index (κ1) is 7.47. The van der Waals surface area contributed by atoms with Gasteiger partial charge in [-0.1, -0.05) is 12.1 Å². The molecule has 1 aromatic heterocycles. The van der Waals surface area contributed by atoms with Crippen molar-refractivity contribution >= 4 is 21.6 Å². The summed E-state index contributed by atoms with van der Waals surface area (Å²) in [6.45, 7) is 0. The Hall–Kier alpha value is -0.930. The average molecular weight is 191 g/mol. The molecule has 1 saturated carbocycles. The Balaban J connectivity index is 2.20. The van der Waals surface area contributed by atoms with E-state index in [2.05, 4.69) is 10.4 Å². The van der Waals surface area contributed by atoms with E-state index >= 15 is 0 Å². The highest BCUT2D eigenvalue weighted by atomic mass is 32.1. The quantitative estimate of drug-likeness (QED) is 0.750. The van der Waals surface area contributed by atoms with Gasteiger partial charge in [0.1, 0.15) is 0 Å². The minimum Gasteiger partial charge on any atom is -0.385 e. The standard InChI is InChI=1S/C10H9NOS/c12-10(3-4-10)8-2-1-7-6-11-13-9(7)5-8/h1-2,5-6,12H,3-4H2. The molecule has 0 atom stereocenters. The lowest BCUT2D eigenvalue weighted by Gasteiger charge is -2.06. The lowest BCUT2D eigenvalue weighted by molar-refractivity contribution is 0.151. The molecule has 1 N–H and O–H groups in total. The van der Waals surface area contributed by atoms with Gasteiger partial charge < -0.3 is 5.11 Å².